The van der Waals surface area contributed by atoms with Crippen molar-refractivity contribution < 1.29 is 22.7 Å². The number of ether oxygens (including phenoxy) is 1. The number of alkyl halides is 2. The molecular formula is C19H13F2N3O3S2. The van der Waals surface area contributed by atoms with Crippen molar-refractivity contribution in [2.24, 2.45) is 0 Å². The van der Waals surface area contributed by atoms with Gasteiger partial charge in [-0.1, -0.05) is 36.0 Å². The number of carbonyl (C=O) groups excluding carboxylic acids is 1. The Bertz CT molecular complexity index is 1110. The van der Waals surface area contributed by atoms with Crippen LogP contribution in [0.15, 0.2) is 63.6 Å². The van der Waals surface area contributed by atoms with Crippen molar-refractivity contribution >= 4 is 45.2 Å². The topological polar surface area (TPSA) is 77.3 Å². The smallest absolute Gasteiger partial charge is 0.387 e. The minimum atomic E-state index is -2.93. The summed E-state index contributed by atoms with van der Waals surface area (Å²) in [5.41, 5.74) is 2.24. The number of nitrogens with zero attached hydrogens (tertiary/aromatic N) is 2. The minimum Gasteiger partial charge on any atom is -0.434 e. The van der Waals surface area contributed by atoms with E-state index in [4.69, 9.17) is 4.42 Å². The van der Waals surface area contributed by atoms with Gasteiger partial charge in [0.05, 0.1) is 11.4 Å². The number of nitrogens with one attached hydrogen (secondary N) is 1. The second-order valence-electron chi connectivity index (χ2n) is 5.70. The number of carbonyl (C=O) groups is 1. The highest BCUT2D eigenvalue weighted by Gasteiger charge is 2.15. The lowest BCUT2D eigenvalue weighted by atomic mass is 10.1. The molecule has 0 unspecified atom stereocenters. The highest BCUT2D eigenvalue weighted by Crippen LogP contribution is 2.33. The summed E-state index contributed by atoms with van der Waals surface area (Å²) < 4.78 is 35.2. The van der Waals surface area contributed by atoms with Crippen molar-refractivity contribution in [3.05, 3.63) is 53.9 Å². The van der Waals surface area contributed by atoms with Gasteiger partial charge >= 0.3 is 6.61 Å². The van der Waals surface area contributed by atoms with E-state index >= 15 is 0 Å². The summed E-state index contributed by atoms with van der Waals surface area (Å²) in [6.45, 7) is -2.93. The fourth-order valence-corrected chi connectivity index (χ4v) is 3.89. The molecule has 0 saturated carbocycles. The third kappa shape index (κ3) is 4.72. The fraction of sp³-hybridized carbons (Fsp3) is 0.105. The molecule has 0 aliphatic heterocycles. The number of hydrogen-bond donors (Lipinski definition) is 1. The molecule has 0 fully saturated rings. The van der Waals surface area contributed by atoms with Gasteiger partial charge in [-0.05, 0) is 24.3 Å². The lowest BCUT2D eigenvalue weighted by Crippen LogP contribution is -2.13. The molecule has 0 aliphatic rings. The molecule has 148 valence electrons. The molecule has 10 heteroatoms. The normalized spacial score (nSPS) is 11.1. The number of halogens is 2. The quantitative estimate of drug-likeness (QED) is 0.400. The Balaban J connectivity index is 1.39. The van der Waals surface area contributed by atoms with Crippen LogP contribution in [0.25, 0.3) is 22.4 Å². The van der Waals surface area contributed by atoms with Gasteiger partial charge in [0, 0.05) is 10.9 Å². The van der Waals surface area contributed by atoms with Crippen LogP contribution >= 0.6 is 23.1 Å². The van der Waals surface area contributed by atoms with Gasteiger partial charge in [-0.25, -0.2) is 9.97 Å². The molecule has 0 bridgehead atoms. The molecule has 0 spiro atoms. The molecule has 6 nitrogen and oxygen atoms in total. The Morgan fingerprint density at radius 1 is 1.17 bits per heavy atom. The minimum absolute atomic E-state index is 0.0252. The van der Waals surface area contributed by atoms with Gasteiger partial charge < -0.3 is 14.5 Å². The molecule has 0 aliphatic carbocycles. The van der Waals surface area contributed by atoms with Crippen molar-refractivity contribution in [1.29, 1.82) is 0 Å². The predicted octanol–water partition coefficient (Wildman–Crippen LogP) is 5.28. The van der Waals surface area contributed by atoms with E-state index in [0.717, 1.165) is 5.52 Å². The second kappa shape index (κ2) is 8.58. The summed E-state index contributed by atoms with van der Waals surface area (Å²) >= 11 is 2.36. The summed E-state index contributed by atoms with van der Waals surface area (Å²) in [5.74, 6) is -0.167. The number of amides is 1. The van der Waals surface area contributed by atoms with Crippen molar-refractivity contribution in [2.45, 2.75) is 11.8 Å². The van der Waals surface area contributed by atoms with Gasteiger partial charge in [-0.2, -0.15) is 8.78 Å². The van der Waals surface area contributed by atoms with E-state index in [1.54, 1.807) is 29.6 Å². The molecule has 2 aromatic heterocycles. The van der Waals surface area contributed by atoms with E-state index in [1.807, 2.05) is 18.2 Å². The third-order valence-electron chi connectivity index (χ3n) is 3.73. The molecule has 2 heterocycles. The molecular weight excluding hydrogens is 420 g/mol. The Hall–Kier alpha value is -2.98. The molecule has 1 amide bonds. The number of oxazole rings is 1. The Morgan fingerprint density at radius 3 is 2.79 bits per heavy atom. The number of hydrogen-bond acceptors (Lipinski definition) is 7. The fourth-order valence-electron chi connectivity index (χ4n) is 2.53. The highest BCUT2D eigenvalue weighted by atomic mass is 32.2. The van der Waals surface area contributed by atoms with Crippen LogP contribution in [0.5, 0.6) is 5.75 Å². The first-order chi connectivity index (χ1) is 14.1. The molecule has 1 N–H and O–H groups in total. The van der Waals surface area contributed by atoms with Gasteiger partial charge in [0.15, 0.2) is 10.7 Å². The number of fused-ring (bicyclic) bond motifs is 1. The number of aromatic nitrogens is 2. The number of thiazole rings is 1. The van der Waals surface area contributed by atoms with Crippen molar-refractivity contribution in [3.63, 3.8) is 0 Å². The maximum Gasteiger partial charge on any atom is 0.387 e. The van der Waals surface area contributed by atoms with Crippen LogP contribution < -0.4 is 10.1 Å². The lowest BCUT2D eigenvalue weighted by Gasteiger charge is -2.08. The second-order valence-corrected chi connectivity index (χ2v) is 7.48. The van der Waals surface area contributed by atoms with Gasteiger partial charge in [0.1, 0.15) is 11.3 Å². The summed E-state index contributed by atoms with van der Waals surface area (Å²) in [7, 11) is 0. The van der Waals surface area contributed by atoms with E-state index in [9.17, 15) is 13.6 Å². The van der Waals surface area contributed by atoms with Gasteiger partial charge in [-0.3, -0.25) is 4.79 Å². The largest absolute Gasteiger partial charge is 0.434 e. The van der Waals surface area contributed by atoms with Gasteiger partial charge in [-0.15, -0.1) is 11.3 Å². The lowest BCUT2D eigenvalue weighted by molar-refractivity contribution is -0.113. The number of thioether (sulfide) groups is 1. The van der Waals surface area contributed by atoms with E-state index in [1.165, 1.54) is 29.2 Å². The molecule has 4 rings (SSSR count). The van der Waals surface area contributed by atoms with Gasteiger partial charge in [0.25, 0.3) is 5.22 Å². The van der Waals surface area contributed by atoms with E-state index in [2.05, 4.69) is 20.0 Å². The molecule has 29 heavy (non-hydrogen) atoms. The van der Waals surface area contributed by atoms with Crippen LogP contribution in [0, 0.1) is 0 Å². The number of anilines is 1. The zero-order chi connectivity index (χ0) is 20.2. The monoisotopic (exact) mass is 433 g/mol. The number of benzene rings is 2. The SMILES string of the molecule is O=C(CSc1nc2ccccc2o1)Nc1nc(-c2ccccc2OC(F)F)cs1. The summed E-state index contributed by atoms with van der Waals surface area (Å²) in [5, 5.41) is 5.11. The summed E-state index contributed by atoms with van der Waals surface area (Å²) in [6.07, 6.45) is 0. The molecule has 2 aromatic carbocycles. The average Bonchev–Trinajstić information content (AvgIpc) is 3.33. The van der Waals surface area contributed by atoms with Crippen LogP contribution in [0.3, 0.4) is 0 Å². The molecule has 0 saturated heterocycles. The van der Waals surface area contributed by atoms with Crippen LogP contribution in [0.4, 0.5) is 13.9 Å². The van der Waals surface area contributed by atoms with Crippen molar-refractivity contribution in [1.82, 2.24) is 9.97 Å². The van der Waals surface area contributed by atoms with E-state index in [-0.39, 0.29) is 17.4 Å². The number of para-hydroxylation sites is 3. The third-order valence-corrected chi connectivity index (χ3v) is 5.32. The zero-order valence-electron chi connectivity index (χ0n) is 14.7. The van der Waals surface area contributed by atoms with Crippen LogP contribution in [-0.4, -0.2) is 28.2 Å². The predicted molar refractivity (Wildman–Crippen MR) is 108 cm³/mol. The zero-order valence-corrected chi connectivity index (χ0v) is 16.3. The molecule has 0 atom stereocenters. The first-order valence-electron chi connectivity index (χ1n) is 8.36. The maximum atomic E-state index is 12.6. The number of rotatable bonds is 7. The Labute approximate surface area is 171 Å². The standard InChI is InChI=1S/C19H13F2N3O3S2/c20-17(21)26-14-7-3-1-5-11(14)13-9-28-18(22-13)24-16(25)10-29-19-23-12-6-2-4-8-15(12)27-19/h1-9,17H,10H2,(H,22,24,25). The van der Waals surface area contributed by atoms with Crippen molar-refractivity contribution in [3.8, 4) is 17.0 Å². The average molecular weight is 433 g/mol. The summed E-state index contributed by atoms with van der Waals surface area (Å²) in [6, 6.07) is 13.7. The van der Waals surface area contributed by atoms with Crippen molar-refractivity contribution in [2.75, 3.05) is 11.1 Å². The van der Waals surface area contributed by atoms with Crippen LogP contribution in [0.2, 0.25) is 0 Å². The van der Waals surface area contributed by atoms with E-state index < -0.39 is 6.61 Å². The highest BCUT2D eigenvalue weighted by molar-refractivity contribution is 7.99. The first kappa shape index (κ1) is 19.3. The Kier molecular flexibility index (Phi) is 5.72. The maximum absolute atomic E-state index is 12.6. The molecule has 4 aromatic rings. The van der Waals surface area contributed by atoms with E-state index in [0.29, 0.717) is 27.2 Å². The Morgan fingerprint density at radius 2 is 1.97 bits per heavy atom. The van der Waals surface area contributed by atoms with Crippen LogP contribution in [-0.2, 0) is 4.79 Å². The first-order valence-corrected chi connectivity index (χ1v) is 10.2. The van der Waals surface area contributed by atoms with Gasteiger partial charge in [0.2, 0.25) is 5.91 Å². The van der Waals surface area contributed by atoms with Crippen LogP contribution in [0.1, 0.15) is 0 Å². The summed E-state index contributed by atoms with van der Waals surface area (Å²) in [4.78, 5) is 20.8. The molecule has 0 radical (unpaired) electrons.